The Hall–Kier alpha value is -0.0900. The van der Waals surface area contributed by atoms with Crippen LogP contribution in [0.2, 0.25) is 0 Å². The summed E-state index contributed by atoms with van der Waals surface area (Å²) >= 11 is 0. The lowest BCUT2D eigenvalue weighted by molar-refractivity contribution is 0.301. The molecule has 1 rings (SSSR count). The van der Waals surface area contributed by atoms with Crippen LogP contribution >= 0.6 is 0 Å². The fourth-order valence-corrected chi connectivity index (χ4v) is 4.29. The average molecular weight is 191 g/mol. The molecule has 0 N–H and O–H groups in total. The van der Waals surface area contributed by atoms with Crippen molar-refractivity contribution in [2.24, 2.45) is 5.41 Å². The van der Waals surface area contributed by atoms with Crippen LogP contribution < -0.4 is 0 Å². The van der Waals surface area contributed by atoms with Gasteiger partial charge in [0, 0.05) is 6.04 Å². The number of hydrogen-bond acceptors (Lipinski definition) is 2. The molecule has 0 aromatic carbocycles. The first kappa shape index (κ1) is 9.99. The summed E-state index contributed by atoms with van der Waals surface area (Å²) in [5.41, 5.74) is -0.164. The molecule has 72 valence electrons. The Bertz CT molecular complexity index is 274. The zero-order valence-corrected chi connectivity index (χ0v) is 9.14. The van der Waals surface area contributed by atoms with E-state index in [1.165, 1.54) is 0 Å². The topological polar surface area (TPSA) is 37.1 Å². The molecule has 1 heterocycles. The molecule has 1 aliphatic heterocycles. The van der Waals surface area contributed by atoms with Gasteiger partial charge in [0.15, 0.2) is 0 Å². The fourth-order valence-electron chi connectivity index (χ4n) is 1.61. The van der Waals surface area contributed by atoms with Crippen LogP contribution in [0.15, 0.2) is 0 Å². The standard InChI is InChI=1S/C8H17NO2S/c1-6(2)9-7(8(3,4)5)12(9,10)11/h6-7H,1-5H3. The predicted octanol–water partition coefficient (Wildman–Crippen LogP) is 1.41. The number of hydrogen-bond donors (Lipinski definition) is 0. The predicted molar refractivity (Wildman–Crippen MR) is 49.1 cm³/mol. The molecule has 0 aliphatic carbocycles. The Kier molecular flexibility index (Phi) is 2.04. The van der Waals surface area contributed by atoms with E-state index < -0.39 is 10.0 Å². The van der Waals surface area contributed by atoms with Gasteiger partial charge in [0.05, 0.1) is 0 Å². The maximum atomic E-state index is 11.4. The van der Waals surface area contributed by atoms with Crippen molar-refractivity contribution in [3.63, 3.8) is 0 Å². The van der Waals surface area contributed by atoms with Gasteiger partial charge in [-0.2, -0.15) is 4.31 Å². The molecule has 0 radical (unpaired) electrons. The highest BCUT2D eigenvalue weighted by Gasteiger charge is 2.61. The second-order valence-electron chi connectivity index (χ2n) is 4.69. The lowest BCUT2D eigenvalue weighted by Crippen LogP contribution is -2.22. The number of sulfonamides is 1. The second-order valence-corrected chi connectivity index (χ2v) is 6.59. The first-order valence-corrected chi connectivity index (χ1v) is 5.71. The van der Waals surface area contributed by atoms with Crippen LogP contribution in [0.4, 0.5) is 0 Å². The monoisotopic (exact) mass is 191 g/mol. The normalized spacial score (nSPS) is 33.8. The van der Waals surface area contributed by atoms with E-state index in [1.54, 1.807) is 4.31 Å². The van der Waals surface area contributed by atoms with Crippen LogP contribution in [0, 0.1) is 5.41 Å². The molecular formula is C8H17NO2S. The van der Waals surface area contributed by atoms with E-state index in [4.69, 9.17) is 0 Å². The second kappa shape index (κ2) is 2.45. The molecule has 0 aromatic rings. The van der Waals surface area contributed by atoms with Gasteiger partial charge in [-0.15, -0.1) is 0 Å². The van der Waals surface area contributed by atoms with Gasteiger partial charge in [-0.3, -0.25) is 0 Å². The molecule has 1 fully saturated rings. The van der Waals surface area contributed by atoms with Gasteiger partial charge >= 0.3 is 0 Å². The zero-order valence-electron chi connectivity index (χ0n) is 8.33. The summed E-state index contributed by atoms with van der Waals surface area (Å²) in [6.07, 6.45) is 0. The van der Waals surface area contributed by atoms with Crippen LogP contribution in [-0.4, -0.2) is 24.1 Å². The summed E-state index contributed by atoms with van der Waals surface area (Å²) in [6.45, 7) is 9.68. The molecular weight excluding hydrogens is 174 g/mol. The maximum Gasteiger partial charge on any atom is 0.233 e. The van der Waals surface area contributed by atoms with Gasteiger partial charge in [-0.1, -0.05) is 20.8 Å². The molecule has 4 heteroatoms. The molecule has 2 atom stereocenters. The van der Waals surface area contributed by atoms with Crippen molar-refractivity contribution >= 4 is 10.0 Å². The molecule has 0 aromatic heterocycles. The van der Waals surface area contributed by atoms with E-state index in [2.05, 4.69) is 0 Å². The molecule has 1 saturated heterocycles. The molecule has 0 saturated carbocycles. The molecule has 12 heavy (non-hydrogen) atoms. The Labute approximate surface area is 74.8 Å². The van der Waals surface area contributed by atoms with Crippen LogP contribution in [0.5, 0.6) is 0 Å². The quantitative estimate of drug-likeness (QED) is 0.588. The SMILES string of the molecule is CC(C)N1C(C(C)(C)C)S1(=O)=O. The van der Waals surface area contributed by atoms with E-state index in [0.29, 0.717) is 0 Å². The Morgan fingerprint density at radius 2 is 1.67 bits per heavy atom. The van der Waals surface area contributed by atoms with Crippen molar-refractivity contribution in [2.75, 3.05) is 0 Å². The molecule has 0 bridgehead atoms. The summed E-state index contributed by atoms with van der Waals surface area (Å²) < 4.78 is 24.4. The summed E-state index contributed by atoms with van der Waals surface area (Å²) in [6, 6.07) is 0.0965. The van der Waals surface area contributed by atoms with Crippen molar-refractivity contribution < 1.29 is 8.42 Å². The Morgan fingerprint density at radius 1 is 1.25 bits per heavy atom. The number of nitrogens with zero attached hydrogens (tertiary/aromatic N) is 1. The Morgan fingerprint density at radius 3 is 1.75 bits per heavy atom. The highest BCUT2D eigenvalue weighted by atomic mass is 32.2. The van der Waals surface area contributed by atoms with Crippen molar-refractivity contribution in [1.29, 1.82) is 0 Å². The summed E-state index contributed by atoms with van der Waals surface area (Å²) in [7, 11) is -2.92. The van der Waals surface area contributed by atoms with Gasteiger partial charge in [-0.05, 0) is 19.3 Å². The average Bonchev–Trinajstić information content (AvgIpc) is 2.31. The lowest BCUT2D eigenvalue weighted by atomic mass is 9.96. The third-order valence-electron chi connectivity index (χ3n) is 2.01. The first-order chi connectivity index (χ1) is 5.19. The molecule has 0 spiro atoms. The van der Waals surface area contributed by atoms with Gasteiger partial charge in [0.25, 0.3) is 0 Å². The minimum Gasteiger partial charge on any atom is -0.210 e. The van der Waals surface area contributed by atoms with Crippen molar-refractivity contribution in [2.45, 2.75) is 46.0 Å². The van der Waals surface area contributed by atoms with Crippen molar-refractivity contribution in [3.8, 4) is 0 Å². The van der Waals surface area contributed by atoms with Gasteiger partial charge in [-0.25, -0.2) is 8.42 Å². The molecule has 1 aliphatic rings. The van der Waals surface area contributed by atoms with E-state index in [0.717, 1.165) is 0 Å². The molecule has 0 amide bonds. The minimum absolute atomic E-state index is 0.0965. The highest BCUT2D eigenvalue weighted by Crippen LogP contribution is 2.44. The fraction of sp³-hybridized carbons (Fsp3) is 1.00. The minimum atomic E-state index is -2.92. The summed E-state index contributed by atoms with van der Waals surface area (Å²) in [4.78, 5) is 0. The van der Waals surface area contributed by atoms with Crippen LogP contribution in [0.3, 0.4) is 0 Å². The Balaban J connectivity index is 2.89. The zero-order chi connectivity index (χ0) is 9.73. The van der Waals surface area contributed by atoms with Gasteiger partial charge in [0.1, 0.15) is 5.37 Å². The van der Waals surface area contributed by atoms with E-state index in [1.807, 2.05) is 34.6 Å². The van der Waals surface area contributed by atoms with Crippen LogP contribution in [0.25, 0.3) is 0 Å². The van der Waals surface area contributed by atoms with Gasteiger partial charge < -0.3 is 0 Å². The summed E-state index contributed by atoms with van der Waals surface area (Å²) in [5.74, 6) is 0. The lowest BCUT2D eigenvalue weighted by Gasteiger charge is -2.15. The summed E-state index contributed by atoms with van der Waals surface area (Å²) in [5, 5.41) is -0.273. The largest absolute Gasteiger partial charge is 0.233 e. The van der Waals surface area contributed by atoms with Gasteiger partial charge in [0.2, 0.25) is 10.0 Å². The van der Waals surface area contributed by atoms with Crippen LogP contribution in [-0.2, 0) is 10.0 Å². The molecule has 3 nitrogen and oxygen atoms in total. The van der Waals surface area contributed by atoms with E-state index >= 15 is 0 Å². The smallest absolute Gasteiger partial charge is 0.210 e. The maximum absolute atomic E-state index is 11.4. The van der Waals surface area contributed by atoms with Crippen molar-refractivity contribution in [3.05, 3.63) is 0 Å². The first-order valence-electron chi connectivity index (χ1n) is 4.21. The third-order valence-corrected chi connectivity index (χ3v) is 4.51. The van der Waals surface area contributed by atoms with Crippen molar-refractivity contribution in [1.82, 2.24) is 4.31 Å². The molecule has 2 unspecified atom stereocenters. The van der Waals surface area contributed by atoms with E-state index in [-0.39, 0.29) is 16.8 Å². The number of rotatable bonds is 1. The van der Waals surface area contributed by atoms with Crippen LogP contribution in [0.1, 0.15) is 34.6 Å². The highest BCUT2D eigenvalue weighted by molar-refractivity contribution is 7.96. The van der Waals surface area contributed by atoms with E-state index in [9.17, 15) is 8.42 Å². The third kappa shape index (κ3) is 1.38.